The van der Waals surface area contributed by atoms with Crippen molar-refractivity contribution < 1.29 is 4.74 Å². The number of hydrogen-bond donors (Lipinski definition) is 2. The van der Waals surface area contributed by atoms with E-state index in [1.54, 1.807) is 0 Å². The number of rotatable bonds is 8. The fraction of sp³-hybridized carbons (Fsp3) is 0.571. The number of ether oxygens (including phenoxy) is 1. The van der Waals surface area contributed by atoms with Crippen LogP contribution in [-0.4, -0.2) is 25.7 Å². The monoisotopic (exact) mass is 236 g/mol. The van der Waals surface area contributed by atoms with Crippen molar-refractivity contribution in [1.82, 2.24) is 5.32 Å². The van der Waals surface area contributed by atoms with Gasteiger partial charge in [0.15, 0.2) is 0 Å². The van der Waals surface area contributed by atoms with Crippen molar-refractivity contribution in [2.24, 2.45) is 0 Å². The molecule has 0 spiro atoms. The Bertz CT molecular complexity index is 298. The lowest BCUT2D eigenvalue weighted by molar-refractivity contribution is 0.340. The van der Waals surface area contributed by atoms with Crippen LogP contribution in [0.5, 0.6) is 5.75 Å². The molecular formula is C14H24N2O. The molecule has 0 aliphatic carbocycles. The van der Waals surface area contributed by atoms with Gasteiger partial charge in [0.05, 0.1) is 6.61 Å². The van der Waals surface area contributed by atoms with Gasteiger partial charge in [-0.1, -0.05) is 6.92 Å². The second-order valence-corrected chi connectivity index (χ2v) is 4.15. The topological polar surface area (TPSA) is 33.3 Å². The van der Waals surface area contributed by atoms with Gasteiger partial charge in [0.1, 0.15) is 5.75 Å². The minimum absolute atomic E-state index is 0.595. The van der Waals surface area contributed by atoms with Crippen LogP contribution in [0.15, 0.2) is 24.3 Å². The normalized spacial score (nSPS) is 12.2. The lowest BCUT2D eigenvalue weighted by Gasteiger charge is -2.12. The Labute approximate surface area is 105 Å². The molecule has 96 valence electrons. The summed E-state index contributed by atoms with van der Waals surface area (Å²) < 4.78 is 5.39. The summed E-state index contributed by atoms with van der Waals surface area (Å²) in [6.07, 6.45) is 1.17. The summed E-state index contributed by atoms with van der Waals surface area (Å²) in [6.45, 7) is 9.04. The van der Waals surface area contributed by atoms with Gasteiger partial charge in [-0.05, 0) is 44.5 Å². The molecule has 1 aromatic rings. The molecule has 2 N–H and O–H groups in total. The SMILES string of the molecule is CCOc1ccc(NCCNC(C)CC)cc1. The van der Waals surface area contributed by atoms with Crippen molar-refractivity contribution in [3.05, 3.63) is 24.3 Å². The van der Waals surface area contributed by atoms with Gasteiger partial charge in [-0.3, -0.25) is 0 Å². The maximum absolute atomic E-state index is 5.39. The Hall–Kier alpha value is -1.22. The molecule has 1 atom stereocenters. The summed E-state index contributed by atoms with van der Waals surface area (Å²) in [5.74, 6) is 0.927. The average Bonchev–Trinajstić information content (AvgIpc) is 2.36. The summed E-state index contributed by atoms with van der Waals surface area (Å²) in [7, 11) is 0. The summed E-state index contributed by atoms with van der Waals surface area (Å²) >= 11 is 0. The molecule has 0 radical (unpaired) electrons. The van der Waals surface area contributed by atoms with E-state index in [2.05, 4.69) is 24.5 Å². The highest BCUT2D eigenvalue weighted by molar-refractivity contribution is 5.46. The Morgan fingerprint density at radius 2 is 1.82 bits per heavy atom. The lowest BCUT2D eigenvalue weighted by Crippen LogP contribution is -2.30. The molecule has 1 aromatic carbocycles. The van der Waals surface area contributed by atoms with Crippen molar-refractivity contribution in [1.29, 1.82) is 0 Å². The van der Waals surface area contributed by atoms with E-state index < -0.39 is 0 Å². The van der Waals surface area contributed by atoms with Gasteiger partial charge in [-0.2, -0.15) is 0 Å². The summed E-state index contributed by atoms with van der Waals surface area (Å²) in [6, 6.07) is 8.68. The van der Waals surface area contributed by atoms with Gasteiger partial charge in [-0.25, -0.2) is 0 Å². The molecule has 0 saturated heterocycles. The van der Waals surface area contributed by atoms with E-state index >= 15 is 0 Å². The molecule has 0 bridgehead atoms. The zero-order valence-corrected chi connectivity index (χ0v) is 11.1. The van der Waals surface area contributed by atoms with Gasteiger partial charge >= 0.3 is 0 Å². The third-order valence-electron chi connectivity index (χ3n) is 2.72. The van der Waals surface area contributed by atoms with Crippen LogP contribution in [0.25, 0.3) is 0 Å². The standard InChI is InChI=1S/C14H24N2O/c1-4-12(3)15-10-11-16-13-6-8-14(9-7-13)17-5-2/h6-9,12,15-16H,4-5,10-11H2,1-3H3. The van der Waals surface area contributed by atoms with Crippen LogP contribution in [0.2, 0.25) is 0 Å². The van der Waals surface area contributed by atoms with E-state index in [0.717, 1.165) is 24.5 Å². The zero-order chi connectivity index (χ0) is 12.5. The molecule has 3 nitrogen and oxygen atoms in total. The minimum atomic E-state index is 0.595. The first-order valence-electron chi connectivity index (χ1n) is 6.46. The van der Waals surface area contributed by atoms with Crippen LogP contribution >= 0.6 is 0 Å². The summed E-state index contributed by atoms with van der Waals surface area (Å²) in [4.78, 5) is 0. The predicted octanol–water partition coefficient (Wildman–Crippen LogP) is 2.89. The van der Waals surface area contributed by atoms with Crippen LogP contribution in [0.3, 0.4) is 0 Å². The number of benzene rings is 1. The second-order valence-electron chi connectivity index (χ2n) is 4.15. The van der Waals surface area contributed by atoms with Crippen LogP contribution in [-0.2, 0) is 0 Å². The molecule has 3 heteroatoms. The van der Waals surface area contributed by atoms with E-state index in [4.69, 9.17) is 4.74 Å². The van der Waals surface area contributed by atoms with Crippen LogP contribution < -0.4 is 15.4 Å². The van der Waals surface area contributed by atoms with Crippen molar-refractivity contribution in [2.45, 2.75) is 33.2 Å². The molecular weight excluding hydrogens is 212 g/mol. The Morgan fingerprint density at radius 3 is 2.41 bits per heavy atom. The largest absolute Gasteiger partial charge is 0.494 e. The Kier molecular flexibility index (Phi) is 6.48. The molecule has 0 heterocycles. The molecule has 1 unspecified atom stereocenters. The molecule has 1 rings (SSSR count). The molecule has 0 aliphatic heterocycles. The van der Waals surface area contributed by atoms with E-state index in [1.165, 1.54) is 6.42 Å². The highest BCUT2D eigenvalue weighted by atomic mass is 16.5. The minimum Gasteiger partial charge on any atom is -0.494 e. The first-order chi connectivity index (χ1) is 8.26. The van der Waals surface area contributed by atoms with Gasteiger partial charge in [0, 0.05) is 24.8 Å². The van der Waals surface area contributed by atoms with Crippen LogP contribution in [0.4, 0.5) is 5.69 Å². The highest BCUT2D eigenvalue weighted by Crippen LogP contribution is 2.15. The molecule has 0 saturated carbocycles. The van der Waals surface area contributed by atoms with E-state index in [9.17, 15) is 0 Å². The molecule has 0 fully saturated rings. The Morgan fingerprint density at radius 1 is 1.12 bits per heavy atom. The molecule has 0 aromatic heterocycles. The molecule has 0 aliphatic rings. The summed E-state index contributed by atoms with van der Waals surface area (Å²) in [5.41, 5.74) is 1.14. The first kappa shape index (κ1) is 13.8. The third kappa shape index (κ3) is 5.59. The fourth-order valence-corrected chi connectivity index (χ4v) is 1.51. The van der Waals surface area contributed by atoms with E-state index in [1.807, 2.05) is 31.2 Å². The zero-order valence-electron chi connectivity index (χ0n) is 11.1. The number of anilines is 1. The van der Waals surface area contributed by atoms with Crippen molar-refractivity contribution >= 4 is 5.69 Å². The van der Waals surface area contributed by atoms with Crippen molar-refractivity contribution in [3.8, 4) is 5.75 Å². The van der Waals surface area contributed by atoms with Gasteiger partial charge < -0.3 is 15.4 Å². The molecule has 0 amide bonds. The molecule has 17 heavy (non-hydrogen) atoms. The third-order valence-corrected chi connectivity index (χ3v) is 2.72. The summed E-state index contributed by atoms with van der Waals surface area (Å²) in [5, 5.41) is 6.82. The van der Waals surface area contributed by atoms with Crippen molar-refractivity contribution in [3.63, 3.8) is 0 Å². The maximum Gasteiger partial charge on any atom is 0.119 e. The highest BCUT2D eigenvalue weighted by Gasteiger charge is 1.97. The predicted molar refractivity (Wildman–Crippen MR) is 73.9 cm³/mol. The lowest BCUT2D eigenvalue weighted by atomic mass is 10.2. The van der Waals surface area contributed by atoms with Gasteiger partial charge in [0.2, 0.25) is 0 Å². The number of hydrogen-bond acceptors (Lipinski definition) is 3. The maximum atomic E-state index is 5.39. The van der Waals surface area contributed by atoms with E-state index in [0.29, 0.717) is 12.6 Å². The smallest absolute Gasteiger partial charge is 0.119 e. The van der Waals surface area contributed by atoms with Gasteiger partial charge in [-0.15, -0.1) is 0 Å². The first-order valence-corrected chi connectivity index (χ1v) is 6.46. The van der Waals surface area contributed by atoms with Gasteiger partial charge in [0.25, 0.3) is 0 Å². The second kappa shape index (κ2) is 7.96. The van der Waals surface area contributed by atoms with Crippen LogP contribution in [0, 0.1) is 0 Å². The Balaban J connectivity index is 2.23. The fourth-order valence-electron chi connectivity index (χ4n) is 1.51. The van der Waals surface area contributed by atoms with E-state index in [-0.39, 0.29) is 0 Å². The van der Waals surface area contributed by atoms with Crippen LogP contribution in [0.1, 0.15) is 27.2 Å². The average molecular weight is 236 g/mol. The quantitative estimate of drug-likeness (QED) is 0.681. The number of nitrogens with one attached hydrogen (secondary N) is 2. The van der Waals surface area contributed by atoms with Crippen molar-refractivity contribution in [2.75, 3.05) is 25.0 Å².